The van der Waals surface area contributed by atoms with Gasteiger partial charge in [0.25, 0.3) is 0 Å². The molecule has 86 valence electrons. The van der Waals surface area contributed by atoms with Gasteiger partial charge in [-0.05, 0) is 24.3 Å². The van der Waals surface area contributed by atoms with Crippen LogP contribution >= 0.6 is 11.6 Å². The van der Waals surface area contributed by atoms with Crippen LogP contribution in [0.2, 0.25) is 0 Å². The van der Waals surface area contributed by atoms with Crippen molar-refractivity contribution >= 4 is 22.5 Å². The zero-order valence-electron chi connectivity index (χ0n) is 8.26. The largest absolute Gasteiger partial charge is 0.303 e. The molecule has 0 saturated heterocycles. The Bertz CT molecular complexity index is 398. The maximum Gasteiger partial charge on any atom is 0.303 e. The van der Waals surface area contributed by atoms with E-state index in [-0.39, 0.29) is 5.69 Å². The average molecular weight is 248 g/mol. The van der Waals surface area contributed by atoms with Crippen molar-refractivity contribution in [2.45, 2.75) is 12.3 Å². The summed E-state index contributed by atoms with van der Waals surface area (Å²) in [5.41, 5.74) is 0.176. The third-order valence-corrected chi connectivity index (χ3v) is 2.12. The van der Waals surface area contributed by atoms with E-state index < -0.39 is 23.3 Å². The molecule has 1 rings (SSSR count). The molecule has 0 atom stereocenters. The fourth-order valence-electron chi connectivity index (χ4n) is 0.976. The van der Waals surface area contributed by atoms with Gasteiger partial charge in [-0.25, -0.2) is 9.38 Å². The number of benzene rings is 1. The smallest absolute Gasteiger partial charge is 0.235 e. The quantitative estimate of drug-likeness (QED) is 0.555. The van der Waals surface area contributed by atoms with Crippen LogP contribution in [0.3, 0.4) is 0 Å². The van der Waals surface area contributed by atoms with Crippen molar-refractivity contribution in [3.8, 4) is 0 Å². The van der Waals surface area contributed by atoms with Gasteiger partial charge in [-0.15, -0.1) is 6.58 Å². The van der Waals surface area contributed by atoms with Crippen LogP contribution in [0.25, 0.3) is 0 Å². The summed E-state index contributed by atoms with van der Waals surface area (Å²) in [6, 6.07) is 4.77. The third-order valence-electron chi connectivity index (χ3n) is 1.76. The number of aliphatic imine (C=N–C) groups is 1. The number of halogens is 4. The van der Waals surface area contributed by atoms with E-state index in [0.29, 0.717) is 0 Å². The van der Waals surface area contributed by atoms with Gasteiger partial charge in [0.2, 0.25) is 0 Å². The van der Waals surface area contributed by atoms with Crippen LogP contribution in [0.1, 0.15) is 6.42 Å². The van der Waals surface area contributed by atoms with Gasteiger partial charge in [-0.2, -0.15) is 8.78 Å². The fraction of sp³-hybridized carbons (Fsp3) is 0.182. The topological polar surface area (TPSA) is 12.4 Å². The van der Waals surface area contributed by atoms with Crippen LogP contribution in [0, 0.1) is 5.82 Å². The highest BCUT2D eigenvalue weighted by molar-refractivity contribution is 6.67. The van der Waals surface area contributed by atoms with Gasteiger partial charge >= 0.3 is 5.92 Å². The molecule has 0 aromatic heterocycles. The van der Waals surface area contributed by atoms with E-state index in [4.69, 9.17) is 11.6 Å². The van der Waals surface area contributed by atoms with Crippen molar-refractivity contribution < 1.29 is 13.2 Å². The molecule has 0 unspecified atom stereocenters. The summed E-state index contributed by atoms with van der Waals surface area (Å²) in [6.07, 6.45) is 0.471. The Hall–Kier alpha value is -1.29. The second-order valence-corrected chi connectivity index (χ2v) is 3.43. The molecule has 0 spiro atoms. The number of rotatable bonds is 4. The predicted octanol–water partition coefficient (Wildman–Crippen LogP) is 4.31. The van der Waals surface area contributed by atoms with Gasteiger partial charge in [0.05, 0.1) is 5.69 Å². The molecule has 0 heterocycles. The van der Waals surface area contributed by atoms with E-state index in [1.165, 1.54) is 12.1 Å². The van der Waals surface area contributed by atoms with E-state index in [9.17, 15) is 13.2 Å². The van der Waals surface area contributed by atoms with Gasteiger partial charge in [0.1, 0.15) is 5.82 Å². The normalized spacial score (nSPS) is 12.6. The molecule has 0 amide bonds. The Kier molecular flexibility index (Phi) is 4.12. The molecule has 1 nitrogen and oxygen atoms in total. The van der Waals surface area contributed by atoms with Gasteiger partial charge in [-0.3, -0.25) is 0 Å². The predicted molar refractivity (Wildman–Crippen MR) is 59.1 cm³/mol. The van der Waals surface area contributed by atoms with Gasteiger partial charge in [0, 0.05) is 6.42 Å². The molecule has 1 aromatic carbocycles. The molecule has 5 heteroatoms. The Morgan fingerprint density at radius 2 is 1.94 bits per heavy atom. The zero-order valence-corrected chi connectivity index (χ0v) is 9.02. The minimum absolute atomic E-state index is 0.176. The SMILES string of the molecule is C=CCC(F)(F)C(Cl)=Nc1ccc(F)cc1. The summed E-state index contributed by atoms with van der Waals surface area (Å²) in [4.78, 5) is 3.51. The van der Waals surface area contributed by atoms with Crippen molar-refractivity contribution in [2.75, 3.05) is 0 Å². The Balaban J connectivity index is 2.91. The summed E-state index contributed by atoms with van der Waals surface area (Å²) in [7, 11) is 0. The van der Waals surface area contributed by atoms with Gasteiger partial charge in [0.15, 0.2) is 5.17 Å². The molecule has 16 heavy (non-hydrogen) atoms. The monoisotopic (exact) mass is 247 g/mol. The first-order chi connectivity index (χ1) is 7.45. The van der Waals surface area contributed by atoms with Crippen LogP contribution in [0.5, 0.6) is 0 Å². The molecule has 0 aliphatic carbocycles. The lowest BCUT2D eigenvalue weighted by Crippen LogP contribution is -2.23. The molecular formula is C11H9ClF3N. The van der Waals surface area contributed by atoms with Crippen molar-refractivity contribution in [3.05, 3.63) is 42.7 Å². The number of nitrogens with zero attached hydrogens (tertiary/aromatic N) is 1. The highest BCUT2D eigenvalue weighted by Crippen LogP contribution is 2.26. The van der Waals surface area contributed by atoms with Crippen molar-refractivity contribution in [3.63, 3.8) is 0 Å². The van der Waals surface area contributed by atoms with Crippen LogP contribution in [0.15, 0.2) is 41.9 Å². The maximum atomic E-state index is 13.2. The Labute approximate surface area is 96.3 Å². The lowest BCUT2D eigenvalue weighted by molar-refractivity contribution is 0.0851. The number of allylic oxidation sites excluding steroid dienone is 1. The Morgan fingerprint density at radius 1 is 1.38 bits per heavy atom. The summed E-state index contributed by atoms with van der Waals surface area (Å²) in [6.45, 7) is 3.20. The first-order valence-corrected chi connectivity index (χ1v) is 4.82. The van der Waals surface area contributed by atoms with E-state index in [1.807, 2.05) is 0 Å². The van der Waals surface area contributed by atoms with Crippen LogP contribution in [-0.2, 0) is 0 Å². The lowest BCUT2D eigenvalue weighted by Gasteiger charge is -2.11. The van der Waals surface area contributed by atoms with E-state index in [2.05, 4.69) is 11.6 Å². The number of hydrogen-bond donors (Lipinski definition) is 0. The van der Waals surface area contributed by atoms with Gasteiger partial charge < -0.3 is 0 Å². The minimum Gasteiger partial charge on any atom is -0.235 e. The van der Waals surface area contributed by atoms with Crippen LogP contribution in [-0.4, -0.2) is 11.1 Å². The summed E-state index contributed by atoms with van der Waals surface area (Å²) in [5.74, 6) is -3.70. The van der Waals surface area contributed by atoms with Crippen LogP contribution in [0.4, 0.5) is 18.9 Å². The van der Waals surface area contributed by atoms with E-state index >= 15 is 0 Å². The summed E-state index contributed by atoms with van der Waals surface area (Å²) in [5, 5.41) is -0.834. The minimum atomic E-state index is -3.24. The molecule has 0 radical (unpaired) electrons. The molecular weight excluding hydrogens is 239 g/mol. The second-order valence-electron chi connectivity index (χ2n) is 3.08. The fourth-order valence-corrected chi connectivity index (χ4v) is 1.15. The zero-order chi connectivity index (χ0) is 12.2. The molecule has 0 aliphatic heterocycles. The molecule has 0 N–H and O–H groups in total. The first-order valence-electron chi connectivity index (χ1n) is 4.44. The lowest BCUT2D eigenvalue weighted by atomic mass is 10.2. The van der Waals surface area contributed by atoms with Crippen molar-refractivity contribution in [1.82, 2.24) is 0 Å². The van der Waals surface area contributed by atoms with Crippen molar-refractivity contribution in [2.24, 2.45) is 4.99 Å². The average Bonchev–Trinajstić information content (AvgIpc) is 2.21. The maximum absolute atomic E-state index is 13.2. The highest BCUT2D eigenvalue weighted by Gasteiger charge is 2.33. The third kappa shape index (κ3) is 3.38. The van der Waals surface area contributed by atoms with Crippen LogP contribution < -0.4 is 0 Å². The molecule has 0 fully saturated rings. The van der Waals surface area contributed by atoms with Crippen molar-refractivity contribution in [1.29, 1.82) is 0 Å². The molecule has 1 aromatic rings. The Morgan fingerprint density at radius 3 is 2.44 bits per heavy atom. The van der Waals surface area contributed by atoms with E-state index in [0.717, 1.165) is 18.2 Å². The van der Waals surface area contributed by atoms with Gasteiger partial charge in [-0.1, -0.05) is 17.7 Å². The summed E-state index contributed by atoms with van der Waals surface area (Å²) < 4.78 is 38.9. The molecule has 0 bridgehead atoms. The number of hydrogen-bond acceptors (Lipinski definition) is 1. The second kappa shape index (κ2) is 5.16. The molecule has 0 aliphatic rings. The number of alkyl halides is 2. The standard InChI is InChI=1S/C11H9ClF3N/c1-2-7-11(14,15)10(12)16-9-5-3-8(13)4-6-9/h2-6H,1,7H2. The summed E-state index contributed by atoms with van der Waals surface area (Å²) >= 11 is 5.38. The first kappa shape index (κ1) is 12.8. The highest BCUT2D eigenvalue weighted by atomic mass is 35.5. The van der Waals surface area contributed by atoms with E-state index in [1.54, 1.807) is 0 Å². The molecule has 0 saturated carbocycles.